The third-order valence-corrected chi connectivity index (χ3v) is 3.21. The van der Waals surface area contributed by atoms with E-state index in [0.29, 0.717) is 11.6 Å². The van der Waals surface area contributed by atoms with Crippen molar-refractivity contribution in [1.29, 1.82) is 0 Å². The zero-order chi connectivity index (χ0) is 19.3. The summed E-state index contributed by atoms with van der Waals surface area (Å²) in [6, 6.07) is 9.87. The number of halogens is 3. The zero-order valence-corrected chi connectivity index (χ0v) is 13.5. The summed E-state index contributed by atoms with van der Waals surface area (Å²) < 4.78 is 48.7. The minimum absolute atomic E-state index is 0.0954. The van der Waals surface area contributed by atoms with Crippen LogP contribution in [0.1, 0.15) is 21.6 Å². The topological polar surface area (TPSA) is 94.8 Å². The van der Waals surface area contributed by atoms with Crippen molar-refractivity contribution in [2.24, 2.45) is 5.84 Å². The van der Waals surface area contributed by atoms with Crippen molar-refractivity contribution in [2.75, 3.05) is 12.1 Å². The number of nitrogens with two attached hydrogens (primary N) is 1. The lowest BCUT2D eigenvalue weighted by molar-refractivity contribution is -0.137. The van der Waals surface area contributed by atoms with Gasteiger partial charge in [-0.2, -0.15) is 18.2 Å². The Morgan fingerprint density at radius 2 is 1.81 bits per heavy atom. The fraction of sp³-hybridized carbons (Fsp3) is 0.188. The van der Waals surface area contributed by atoms with Crippen molar-refractivity contribution in [3.05, 3.63) is 59.3 Å². The normalized spacial score (nSPS) is 11.0. The molecule has 2 N–H and O–H groups in total. The number of pyridine rings is 1. The maximum Gasteiger partial charge on any atom is 0.430 e. The fourth-order valence-corrected chi connectivity index (χ4v) is 1.95. The first-order valence-corrected chi connectivity index (χ1v) is 7.16. The largest absolute Gasteiger partial charge is 0.464 e. The molecule has 1 heterocycles. The van der Waals surface area contributed by atoms with Crippen LogP contribution in [0.5, 0.6) is 0 Å². The van der Waals surface area contributed by atoms with Gasteiger partial charge in [0.25, 0.3) is 0 Å². The molecule has 1 amide bonds. The molecule has 0 bridgehead atoms. The highest BCUT2D eigenvalue weighted by Crippen LogP contribution is 2.35. The van der Waals surface area contributed by atoms with Crippen molar-refractivity contribution < 1.29 is 32.2 Å². The van der Waals surface area contributed by atoms with Gasteiger partial charge in [0.2, 0.25) is 0 Å². The Bertz CT molecular complexity index is 797. The third-order valence-electron chi connectivity index (χ3n) is 3.21. The first kappa shape index (κ1) is 19.2. The summed E-state index contributed by atoms with van der Waals surface area (Å²) in [4.78, 5) is 27.0. The first-order chi connectivity index (χ1) is 12.2. The van der Waals surface area contributed by atoms with Crippen LogP contribution in [0.15, 0.2) is 42.5 Å². The van der Waals surface area contributed by atoms with E-state index in [1.165, 1.54) is 0 Å². The van der Waals surface area contributed by atoms with Crippen molar-refractivity contribution in [2.45, 2.75) is 12.8 Å². The summed E-state index contributed by atoms with van der Waals surface area (Å²) in [6.45, 7) is -0.203. The molecule has 0 fully saturated rings. The lowest BCUT2D eigenvalue weighted by Gasteiger charge is -2.20. The molecule has 138 valence electrons. The molecule has 0 atom stereocenters. The highest BCUT2D eigenvalue weighted by molar-refractivity contribution is 5.90. The van der Waals surface area contributed by atoms with E-state index < -0.39 is 35.3 Å². The molecule has 0 radical (unpaired) electrons. The number of carbonyl (C=O) groups is 2. The maximum absolute atomic E-state index is 13.1. The van der Waals surface area contributed by atoms with Gasteiger partial charge in [-0.3, -0.25) is 0 Å². The Balaban J connectivity index is 2.28. The minimum atomic E-state index is -4.85. The smallest absolute Gasteiger partial charge is 0.430 e. The van der Waals surface area contributed by atoms with Crippen LogP contribution < -0.4 is 10.9 Å². The van der Waals surface area contributed by atoms with Crippen molar-refractivity contribution >= 4 is 17.9 Å². The fourth-order valence-electron chi connectivity index (χ4n) is 1.95. The number of methoxy groups -OCH3 is 1. The van der Waals surface area contributed by atoms with E-state index in [4.69, 9.17) is 10.6 Å². The van der Waals surface area contributed by atoms with Crippen LogP contribution in [0.3, 0.4) is 0 Å². The number of esters is 1. The van der Waals surface area contributed by atoms with Crippen LogP contribution in [-0.4, -0.2) is 24.2 Å². The Morgan fingerprint density at radius 3 is 2.38 bits per heavy atom. The number of hydrogen-bond acceptors (Lipinski definition) is 6. The van der Waals surface area contributed by atoms with Gasteiger partial charge in [0, 0.05) is 0 Å². The molecule has 0 saturated heterocycles. The molecule has 2 rings (SSSR count). The predicted octanol–water partition coefficient (Wildman–Crippen LogP) is 2.90. The van der Waals surface area contributed by atoms with Crippen molar-refractivity contribution in [3.8, 4) is 0 Å². The molecule has 0 spiro atoms. The molecule has 1 aromatic heterocycles. The molecule has 10 heteroatoms. The van der Waals surface area contributed by atoms with Gasteiger partial charge in [-0.1, -0.05) is 30.3 Å². The highest BCUT2D eigenvalue weighted by atomic mass is 19.4. The van der Waals surface area contributed by atoms with Crippen LogP contribution in [0, 0.1) is 0 Å². The van der Waals surface area contributed by atoms with E-state index >= 15 is 0 Å². The summed E-state index contributed by atoms with van der Waals surface area (Å²) in [7, 11) is 1.04. The Kier molecular flexibility index (Phi) is 5.78. The summed E-state index contributed by atoms with van der Waals surface area (Å²) >= 11 is 0. The second kappa shape index (κ2) is 7.83. The predicted molar refractivity (Wildman–Crippen MR) is 83.9 cm³/mol. The second-order valence-corrected chi connectivity index (χ2v) is 4.97. The van der Waals surface area contributed by atoms with Gasteiger partial charge in [0.05, 0.1) is 7.11 Å². The van der Waals surface area contributed by atoms with Gasteiger partial charge in [0.15, 0.2) is 11.5 Å². The number of hydrazine groups is 1. The number of carbonyl (C=O) groups excluding carboxylic acids is 2. The highest BCUT2D eigenvalue weighted by Gasteiger charge is 2.37. The molecule has 0 saturated carbocycles. The number of amides is 1. The van der Waals surface area contributed by atoms with Crippen LogP contribution in [0.25, 0.3) is 0 Å². The molecular formula is C16H14F3N3O4. The van der Waals surface area contributed by atoms with E-state index in [2.05, 4.69) is 9.72 Å². The van der Waals surface area contributed by atoms with Crippen molar-refractivity contribution in [3.63, 3.8) is 0 Å². The van der Waals surface area contributed by atoms with Crippen LogP contribution >= 0.6 is 0 Å². The van der Waals surface area contributed by atoms with E-state index in [-0.39, 0.29) is 11.6 Å². The van der Waals surface area contributed by atoms with E-state index in [0.717, 1.165) is 13.2 Å². The van der Waals surface area contributed by atoms with E-state index in [1.807, 2.05) is 0 Å². The van der Waals surface area contributed by atoms with Gasteiger partial charge >= 0.3 is 18.2 Å². The van der Waals surface area contributed by atoms with Gasteiger partial charge in [-0.05, 0) is 17.7 Å². The lowest BCUT2D eigenvalue weighted by atomic mass is 10.2. The van der Waals surface area contributed by atoms with Crippen LogP contribution in [-0.2, 0) is 22.3 Å². The standard InChI is InChI=1S/C16H14F3N3O4/c1-25-14(23)12-8-7-11(16(17,18)19)13(21-12)22(20)15(24)26-9-10-5-3-2-4-6-10/h2-8H,9,20H2,1H3. The van der Waals surface area contributed by atoms with E-state index in [9.17, 15) is 22.8 Å². The molecule has 0 aliphatic rings. The number of alkyl halides is 3. The second-order valence-electron chi connectivity index (χ2n) is 4.97. The monoisotopic (exact) mass is 369 g/mol. The first-order valence-electron chi connectivity index (χ1n) is 7.16. The Morgan fingerprint density at radius 1 is 1.15 bits per heavy atom. The van der Waals surface area contributed by atoms with Gasteiger partial charge < -0.3 is 9.47 Å². The summed E-state index contributed by atoms with van der Waals surface area (Å²) in [5, 5.41) is 0.0954. The zero-order valence-electron chi connectivity index (χ0n) is 13.5. The molecule has 0 unspecified atom stereocenters. The molecule has 7 nitrogen and oxygen atoms in total. The average molecular weight is 369 g/mol. The molecule has 26 heavy (non-hydrogen) atoms. The maximum atomic E-state index is 13.1. The number of aromatic nitrogens is 1. The molecule has 0 aliphatic carbocycles. The van der Waals surface area contributed by atoms with Gasteiger partial charge in [-0.25, -0.2) is 20.4 Å². The minimum Gasteiger partial charge on any atom is -0.464 e. The molecular weight excluding hydrogens is 355 g/mol. The number of rotatable bonds is 4. The number of hydrogen-bond donors (Lipinski definition) is 1. The summed E-state index contributed by atoms with van der Waals surface area (Å²) in [5.74, 6) is 3.50. The van der Waals surface area contributed by atoms with Crippen LogP contribution in [0.2, 0.25) is 0 Å². The SMILES string of the molecule is COC(=O)c1ccc(C(F)(F)F)c(N(N)C(=O)OCc2ccccc2)n1. The average Bonchev–Trinajstić information content (AvgIpc) is 2.64. The summed E-state index contributed by atoms with van der Waals surface area (Å²) in [5.41, 5.74) is -1.13. The lowest BCUT2D eigenvalue weighted by Crippen LogP contribution is -2.40. The Hall–Kier alpha value is -3.14. The van der Waals surface area contributed by atoms with Crippen LogP contribution in [0.4, 0.5) is 23.8 Å². The molecule has 2 aromatic rings. The number of benzene rings is 1. The molecule has 1 aromatic carbocycles. The third kappa shape index (κ3) is 4.48. The summed E-state index contributed by atoms with van der Waals surface area (Å²) in [6.07, 6.45) is -6.12. The van der Waals surface area contributed by atoms with Gasteiger partial charge in [-0.15, -0.1) is 0 Å². The number of ether oxygens (including phenoxy) is 2. The quantitative estimate of drug-likeness (QED) is 0.385. The Labute approximate surface area is 146 Å². The number of nitrogens with zero attached hydrogens (tertiary/aromatic N) is 2. The molecule has 0 aliphatic heterocycles. The van der Waals surface area contributed by atoms with Gasteiger partial charge in [0.1, 0.15) is 12.2 Å². The number of anilines is 1. The van der Waals surface area contributed by atoms with Crippen molar-refractivity contribution in [1.82, 2.24) is 4.98 Å². The van der Waals surface area contributed by atoms with E-state index in [1.54, 1.807) is 30.3 Å².